The molecule has 2 saturated heterocycles. The number of fused-ring (bicyclic) bond motifs is 2. The Morgan fingerprint density at radius 2 is 1.71 bits per heavy atom. The first-order valence-corrected chi connectivity index (χ1v) is 22.1. The van der Waals surface area contributed by atoms with Crippen LogP contribution in [-0.2, 0) is 21.4 Å². The van der Waals surface area contributed by atoms with Gasteiger partial charge in [0.05, 0.1) is 37.5 Å². The lowest BCUT2D eigenvalue weighted by Gasteiger charge is -2.60. The number of nitrogens with zero attached hydrogens (tertiary/aromatic N) is 4. The number of likely N-dealkylation sites (tertiary alicyclic amines) is 1. The van der Waals surface area contributed by atoms with Crippen LogP contribution in [0.4, 0.5) is 24.5 Å². The van der Waals surface area contributed by atoms with Crippen LogP contribution in [0.25, 0.3) is 10.2 Å². The van der Waals surface area contributed by atoms with E-state index in [9.17, 15) is 42.3 Å². The summed E-state index contributed by atoms with van der Waals surface area (Å²) in [5, 5.41) is 20.2. The summed E-state index contributed by atoms with van der Waals surface area (Å²) in [4.78, 5) is 76.1. The molecule has 62 heavy (non-hydrogen) atoms. The highest BCUT2D eigenvalue weighted by Gasteiger charge is 2.52. The number of halogens is 3. The van der Waals surface area contributed by atoms with Crippen LogP contribution in [0.3, 0.4) is 0 Å². The van der Waals surface area contributed by atoms with Crippen molar-refractivity contribution >= 4 is 62.5 Å². The fourth-order valence-corrected chi connectivity index (χ4v) is 11.6. The highest BCUT2D eigenvalue weighted by molar-refractivity contribution is 7.18. The molecular formula is C45H48F3N7O6S. The van der Waals surface area contributed by atoms with Crippen molar-refractivity contribution in [2.24, 2.45) is 17.3 Å². The van der Waals surface area contributed by atoms with E-state index < -0.39 is 58.6 Å². The largest absolute Gasteiger partial charge is 0.418 e. The van der Waals surface area contributed by atoms with E-state index in [1.165, 1.54) is 24.2 Å². The molecule has 0 bridgehead atoms. The number of hydrogen-bond acceptors (Lipinski definition) is 11. The molecule has 1 atom stereocenters. The second kappa shape index (κ2) is 15.8. The molecule has 0 radical (unpaired) electrons. The van der Waals surface area contributed by atoms with Crippen molar-refractivity contribution in [3.63, 3.8) is 0 Å². The second-order valence-corrected chi connectivity index (χ2v) is 19.4. The molecule has 4 aromatic rings. The smallest absolute Gasteiger partial charge is 0.386 e. The van der Waals surface area contributed by atoms with Crippen LogP contribution < -0.4 is 16.0 Å². The van der Waals surface area contributed by atoms with E-state index in [-0.39, 0.29) is 35.6 Å². The summed E-state index contributed by atoms with van der Waals surface area (Å²) in [5.41, 5.74) is -0.547. The van der Waals surface area contributed by atoms with E-state index in [1.54, 1.807) is 44.2 Å². The van der Waals surface area contributed by atoms with Crippen molar-refractivity contribution < 1.29 is 42.3 Å². The van der Waals surface area contributed by atoms with Gasteiger partial charge in [0.25, 0.3) is 17.7 Å². The fraction of sp³-hybridized carbons (Fsp3) is 0.489. The lowest BCUT2D eigenvalue weighted by atomic mass is 9.57. The van der Waals surface area contributed by atoms with Gasteiger partial charge in [-0.25, -0.2) is 4.98 Å². The molecule has 5 aliphatic rings. The number of carbonyl (C=O) groups is 5. The summed E-state index contributed by atoms with van der Waals surface area (Å²) in [6.07, 6.45) is 4.03. The van der Waals surface area contributed by atoms with Crippen LogP contribution in [-0.4, -0.2) is 86.6 Å². The molecule has 13 nitrogen and oxygen atoms in total. The SMILES string of the molecule is CC(C)(O)c1cc2nc(C3CCC(CN4CC5(CC(CCNc6cccc7c6C(=O)N(C6CCC(=O)NC6=O)C7=O)C5)C4)CC3)sc2cc1NC(=O)c1ncccc1C(F)(F)F. The molecule has 1 unspecified atom stereocenters. The number of anilines is 2. The standard InChI is InChI=1S/C45H48F3N7O6S/c1-43(2,61)29-17-32-34(18-31(29)51-39(58)37-28(45(46,47)48)6-4-15-50-37)62-40(52-32)26-10-8-24(9-11-26)21-54-22-44(23-54)19-25(20-44)14-16-49-30-7-3-5-27-36(30)42(60)55(41(27)59)33-12-13-35(56)53-38(33)57/h3-7,15,17-18,24-26,33,49,61H,8-14,16,19-23H2,1-2H3,(H,51,58)(H,53,56,57). The maximum absolute atomic E-state index is 13.6. The van der Waals surface area contributed by atoms with Gasteiger partial charge in [0.2, 0.25) is 11.8 Å². The van der Waals surface area contributed by atoms with Gasteiger partial charge in [-0.3, -0.25) is 39.2 Å². The minimum Gasteiger partial charge on any atom is -0.386 e. The van der Waals surface area contributed by atoms with Gasteiger partial charge in [-0.05, 0) is 119 Å². The summed E-state index contributed by atoms with van der Waals surface area (Å²) < 4.78 is 41.7. The zero-order valence-corrected chi connectivity index (χ0v) is 35.3. The van der Waals surface area contributed by atoms with E-state index in [2.05, 4.69) is 25.8 Å². The van der Waals surface area contributed by atoms with Crippen molar-refractivity contribution in [1.29, 1.82) is 0 Å². The van der Waals surface area contributed by atoms with Gasteiger partial charge in [-0.15, -0.1) is 11.3 Å². The van der Waals surface area contributed by atoms with Crippen LogP contribution >= 0.6 is 11.3 Å². The van der Waals surface area contributed by atoms with E-state index in [0.717, 1.165) is 84.7 Å². The van der Waals surface area contributed by atoms with Crippen molar-refractivity contribution in [1.82, 2.24) is 25.1 Å². The number of benzene rings is 2. The molecule has 3 aliphatic heterocycles. The average molecular weight is 872 g/mol. The average Bonchev–Trinajstić information content (AvgIpc) is 3.73. The van der Waals surface area contributed by atoms with Crippen LogP contribution in [0.15, 0.2) is 48.7 Å². The first-order valence-electron chi connectivity index (χ1n) is 21.3. The third kappa shape index (κ3) is 7.98. The molecule has 5 amide bonds. The fourth-order valence-electron chi connectivity index (χ4n) is 10.5. The highest BCUT2D eigenvalue weighted by Crippen LogP contribution is 2.53. The summed E-state index contributed by atoms with van der Waals surface area (Å²) in [6, 6.07) is 9.47. The molecule has 5 heterocycles. The summed E-state index contributed by atoms with van der Waals surface area (Å²) in [5.74, 6) is -1.61. The Hall–Kier alpha value is -5.26. The number of aliphatic hydroxyl groups is 1. The van der Waals surface area contributed by atoms with Gasteiger partial charge in [-0.1, -0.05) is 6.07 Å². The Kier molecular flexibility index (Phi) is 10.7. The number of imide groups is 2. The lowest BCUT2D eigenvalue weighted by molar-refractivity contribution is -0.138. The molecule has 2 saturated carbocycles. The van der Waals surface area contributed by atoms with Crippen LogP contribution in [0.5, 0.6) is 0 Å². The first-order chi connectivity index (χ1) is 29.5. The number of hydrogen-bond donors (Lipinski definition) is 4. The maximum Gasteiger partial charge on any atom is 0.418 e. The number of rotatable bonds is 11. The van der Waals surface area contributed by atoms with Gasteiger partial charge < -0.3 is 20.6 Å². The minimum absolute atomic E-state index is 0.0748. The Labute approximate surface area is 359 Å². The van der Waals surface area contributed by atoms with E-state index in [4.69, 9.17) is 4.98 Å². The normalized spacial score (nSPS) is 23.0. The first kappa shape index (κ1) is 42.1. The quantitative estimate of drug-likeness (QED) is 0.114. The molecule has 2 aliphatic carbocycles. The second-order valence-electron chi connectivity index (χ2n) is 18.4. The van der Waals surface area contributed by atoms with Gasteiger partial charge in [-0.2, -0.15) is 13.2 Å². The van der Waals surface area contributed by atoms with Crippen molar-refractivity contribution in [2.75, 3.05) is 36.8 Å². The zero-order chi connectivity index (χ0) is 43.7. The molecule has 9 rings (SSSR count). The lowest BCUT2D eigenvalue weighted by Crippen LogP contribution is -2.63. The third-order valence-electron chi connectivity index (χ3n) is 13.4. The number of carbonyl (C=O) groups excluding carboxylic acids is 5. The number of nitrogens with one attached hydrogen (secondary N) is 3. The number of thiazole rings is 1. The minimum atomic E-state index is -4.76. The Bertz CT molecular complexity index is 2480. The predicted molar refractivity (Wildman–Crippen MR) is 225 cm³/mol. The van der Waals surface area contributed by atoms with E-state index >= 15 is 0 Å². The third-order valence-corrected chi connectivity index (χ3v) is 14.6. The van der Waals surface area contributed by atoms with Gasteiger partial charge in [0, 0.05) is 61.7 Å². The maximum atomic E-state index is 13.6. The number of alkyl halides is 3. The number of pyridine rings is 1. The van der Waals surface area contributed by atoms with E-state index in [1.807, 2.05) is 0 Å². The molecule has 326 valence electrons. The topological polar surface area (TPSA) is 174 Å². The van der Waals surface area contributed by atoms with Gasteiger partial charge in [0.15, 0.2) is 0 Å². The monoisotopic (exact) mass is 871 g/mol. The highest BCUT2D eigenvalue weighted by atomic mass is 32.1. The van der Waals surface area contributed by atoms with Crippen molar-refractivity contribution in [2.45, 2.75) is 95.4 Å². The molecule has 2 aromatic carbocycles. The number of piperidine rings is 1. The Morgan fingerprint density at radius 1 is 0.952 bits per heavy atom. The van der Waals surface area contributed by atoms with Crippen LogP contribution in [0.1, 0.15) is 125 Å². The molecule has 4 fully saturated rings. The zero-order valence-electron chi connectivity index (χ0n) is 34.4. The summed E-state index contributed by atoms with van der Waals surface area (Å²) >= 11 is 1.52. The van der Waals surface area contributed by atoms with Gasteiger partial charge in [0.1, 0.15) is 11.7 Å². The summed E-state index contributed by atoms with van der Waals surface area (Å²) in [7, 11) is 0. The molecule has 17 heteroatoms. The van der Waals surface area contributed by atoms with Crippen molar-refractivity contribution in [3.05, 3.63) is 81.6 Å². The summed E-state index contributed by atoms with van der Waals surface area (Å²) in [6.45, 7) is 7.05. The predicted octanol–water partition coefficient (Wildman–Crippen LogP) is 7.08. The Balaban J connectivity index is 0.739. The van der Waals surface area contributed by atoms with Crippen molar-refractivity contribution in [3.8, 4) is 0 Å². The Morgan fingerprint density at radius 3 is 2.42 bits per heavy atom. The van der Waals surface area contributed by atoms with Crippen LogP contribution in [0, 0.1) is 17.3 Å². The number of aromatic nitrogens is 2. The van der Waals surface area contributed by atoms with Crippen LogP contribution in [0.2, 0.25) is 0 Å². The van der Waals surface area contributed by atoms with Gasteiger partial charge >= 0.3 is 6.18 Å². The molecular weight excluding hydrogens is 824 g/mol. The number of amides is 5. The molecule has 1 spiro atoms. The molecule has 2 aromatic heterocycles. The van der Waals surface area contributed by atoms with E-state index in [0.29, 0.717) is 40.6 Å². The molecule has 4 N–H and O–H groups in total.